The Morgan fingerprint density at radius 1 is 1.56 bits per heavy atom. The third kappa shape index (κ3) is 5.45. The van der Waals surface area contributed by atoms with Gasteiger partial charge in [-0.15, -0.1) is 0 Å². The predicted octanol–water partition coefficient (Wildman–Crippen LogP) is 1.56. The highest BCUT2D eigenvalue weighted by atomic mass is 16.5. The summed E-state index contributed by atoms with van der Waals surface area (Å²) in [7, 11) is 1.68. The highest BCUT2D eigenvalue weighted by molar-refractivity contribution is 5.95. The average molecular weight is 218 g/mol. The molecule has 4 heteroatoms. The molecule has 0 aliphatic rings. The molecule has 0 aliphatic heterocycles. The Bertz CT molecular complexity index is 419. The van der Waals surface area contributed by atoms with Gasteiger partial charge in [-0.2, -0.15) is 5.26 Å². The summed E-state index contributed by atoms with van der Waals surface area (Å²) in [6.45, 7) is 5.08. The lowest BCUT2D eigenvalue weighted by Crippen LogP contribution is -2.11. The van der Waals surface area contributed by atoms with Crippen LogP contribution in [0.15, 0.2) is 36.4 Å². The maximum Gasteiger partial charge on any atom is 0.258 e. The molecular weight excluding hydrogens is 204 g/mol. The topological polar surface area (TPSA) is 76.1 Å². The van der Waals surface area contributed by atoms with Crippen molar-refractivity contribution in [3.05, 3.63) is 42.0 Å². The Kier molecular flexibility index (Phi) is 6.06. The molecule has 0 radical (unpaired) electrons. The van der Waals surface area contributed by atoms with Crippen LogP contribution in [0, 0.1) is 18.3 Å². The van der Waals surface area contributed by atoms with Crippen LogP contribution >= 0.6 is 0 Å². The zero-order chi connectivity index (χ0) is 12.6. The number of nitrogens with zero attached hydrogens (tertiary/aromatic N) is 1. The van der Waals surface area contributed by atoms with Crippen LogP contribution in [0.5, 0.6) is 5.75 Å². The normalized spacial score (nSPS) is 8.06. The number of hydrogen-bond donors (Lipinski definition) is 1. The summed E-state index contributed by atoms with van der Waals surface area (Å²) in [5, 5.41) is 7.85. The Hall–Kier alpha value is -2.28. The number of aryl methyl sites for hydroxylation is 1. The fraction of sp³-hybridized carbons (Fsp3) is 0.167. The molecule has 0 atom stereocenters. The molecule has 4 nitrogen and oxygen atoms in total. The molecule has 0 spiro atoms. The summed E-state index contributed by atoms with van der Waals surface area (Å²) in [6.07, 6.45) is 0. The molecule has 1 rings (SSSR count). The summed E-state index contributed by atoms with van der Waals surface area (Å²) in [6, 6.07) is 9.46. The minimum atomic E-state index is -0.762. The van der Waals surface area contributed by atoms with E-state index >= 15 is 0 Å². The number of primary amides is 1. The molecule has 0 aromatic heterocycles. The minimum absolute atomic E-state index is 0.208. The van der Waals surface area contributed by atoms with Crippen LogP contribution in [0.1, 0.15) is 5.56 Å². The Balaban J connectivity index is 0.000000293. The average Bonchev–Trinajstić information content (AvgIpc) is 2.28. The van der Waals surface area contributed by atoms with E-state index in [4.69, 9.17) is 10.00 Å². The first-order valence-electron chi connectivity index (χ1n) is 4.50. The molecule has 1 aromatic carbocycles. The molecule has 0 saturated heterocycles. The van der Waals surface area contributed by atoms with Gasteiger partial charge in [0.15, 0.2) is 0 Å². The lowest BCUT2D eigenvalue weighted by atomic mass is 10.2. The molecule has 0 fully saturated rings. The van der Waals surface area contributed by atoms with E-state index in [1.807, 2.05) is 31.2 Å². The number of rotatable bonds is 2. The second-order valence-electron chi connectivity index (χ2n) is 2.98. The first-order valence-corrected chi connectivity index (χ1v) is 4.50. The second kappa shape index (κ2) is 7.07. The van der Waals surface area contributed by atoms with Crippen LogP contribution in [-0.4, -0.2) is 13.0 Å². The van der Waals surface area contributed by atoms with Crippen molar-refractivity contribution in [1.29, 1.82) is 5.26 Å². The molecule has 0 heterocycles. The van der Waals surface area contributed by atoms with E-state index in [1.165, 1.54) is 11.6 Å². The van der Waals surface area contributed by atoms with Gasteiger partial charge >= 0.3 is 0 Å². The monoisotopic (exact) mass is 218 g/mol. The number of methoxy groups -OCH3 is 1. The van der Waals surface area contributed by atoms with Crippen molar-refractivity contribution in [1.82, 2.24) is 0 Å². The molecule has 0 saturated carbocycles. The van der Waals surface area contributed by atoms with Crippen LogP contribution in [0.4, 0.5) is 0 Å². The largest absolute Gasteiger partial charge is 0.497 e. The van der Waals surface area contributed by atoms with Gasteiger partial charge in [-0.1, -0.05) is 18.7 Å². The van der Waals surface area contributed by atoms with Gasteiger partial charge in [0.2, 0.25) is 0 Å². The summed E-state index contributed by atoms with van der Waals surface area (Å²) >= 11 is 0. The van der Waals surface area contributed by atoms with E-state index in [-0.39, 0.29) is 5.57 Å². The van der Waals surface area contributed by atoms with E-state index in [2.05, 4.69) is 12.3 Å². The maximum atomic E-state index is 9.83. The zero-order valence-electron chi connectivity index (χ0n) is 9.36. The quantitative estimate of drug-likeness (QED) is 0.604. The maximum absolute atomic E-state index is 9.83. The fourth-order valence-electron chi connectivity index (χ4n) is 0.797. The number of nitriles is 1. The van der Waals surface area contributed by atoms with Crippen LogP contribution < -0.4 is 10.5 Å². The molecular formula is C12H14N2O2. The number of ether oxygens (including phenoxy) is 1. The van der Waals surface area contributed by atoms with Crippen molar-refractivity contribution in [3.63, 3.8) is 0 Å². The van der Waals surface area contributed by atoms with Crippen molar-refractivity contribution >= 4 is 5.91 Å². The highest BCUT2D eigenvalue weighted by Crippen LogP contribution is 2.10. The van der Waals surface area contributed by atoms with E-state index in [1.54, 1.807) is 7.11 Å². The second-order valence-corrected chi connectivity index (χ2v) is 2.98. The van der Waals surface area contributed by atoms with Crippen LogP contribution in [-0.2, 0) is 4.79 Å². The highest BCUT2D eigenvalue weighted by Gasteiger charge is 1.94. The van der Waals surface area contributed by atoms with Crippen LogP contribution in [0.2, 0.25) is 0 Å². The van der Waals surface area contributed by atoms with E-state index in [0.717, 1.165) is 5.75 Å². The van der Waals surface area contributed by atoms with E-state index in [9.17, 15) is 4.79 Å². The number of benzene rings is 1. The van der Waals surface area contributed by atoms with Crippen molar-refractivity contribution < 1.29 is 9.53 Å². The van der Waals surface area contributed by atoms with Gasteiger partial charge in [0, 0.05) is 0 Å². The summed E-state index contributed by atoms with van der Waals surface area (Å²) in [5.74, 6) is 0.164. The lowest BCUT2D eigenvalue weighted by Gasteiger charge is -1.97. The first-order chi connectivity index (χ1) is 7.51. The van der Waals surface area contributed by atoms with Gasteiger partial charge < -0.3 is 10.5 Å². The molecule has 84 valence electrons. The minimum Gasteiger partial charge on any atom is -0.497 e. The fourth-order valence-corrected chi connectivity index (χ4v) is 0.797. The zero-order valence-corrected chi connectivity index (χ0v) is 9.36. The molecule has 1 aromatic rings. The Morgan fingerprint density at radius 3 is 2.44 bits per heavy atom. The molecule has 0 aliphatic carbocycles. The number of nitrogens with two attached hydrogens (primary N) is 1. The number of carbonyl (C=O) groups excluding carboxylic acids is 1. The summed E-state index contributed by atoms with van der Waals surface area (Å²) in [4.78, 5) is 9.83. The number of carbonyl (C=O) groups is 1. The molecule has 0 bridgehead atoms. The van der Waals surface area contributed by atoms with Crippen LogP contribution in [0.3, 0.4) is 0 Å². The first kappa shape index (κ1) is 13.7. The van der Waals surface area contributed by atoms with Gasteiger partial charge in [-0.05, 0) is 24.6 Å². The van der Waals surface area contributed by atoms with E-state index < -0.39 is 5.91 Å². The van der Waals surface area contributed by atoms with Gasteiger partial charge in [-0.25, -0.2) is 0 Å². The Morgan fingerprint density at radius 2 is 2.19 bits per heavy atom. The van der Waals surface area contributed by atoms with Crippen molar-refractivity contribution in [3.8, 4) is 11.8 Å². The SMILES string of the molecule is C=C(C#N)C(N)=O.COc1cccc(C)c1. The standard InChI is InChI=1S/C8H10O.C4H4N2O/c1-7-4-3-5-8(6-7)9-2;1-3(2-5)4(6)7/h3-6H,1-2H3;1H2,(H2,6,7). The smallest absolute Gasteiger partial charge is 0.258 e. The van der Waals surface area contributed by atoms with Gasteiger partial charge in [-0.3, -0.25) is 4.79 Å². The lowest BCUT2D eigenvalue weighted by molar-refractivity contribution is -0.114. The third-order valence-electron chi connectivity index (χ3n) is 1.66. The van der Waals surface area contributed by atoms with Crippen molar-refractivity contribution in [2.75, 3.05) is 7.11 Å². The summed E-state index contributed by atoms with van der Waals surface area (Å²) in [5.41, 5.74) is 5.61. The van der Waals surface area contributed by atoms with Gasteiger partial charge in [0.25, 0.3) is 5.91 Å². The Labute approximate surface area is 94.9 Å². The predicted molar refractivity (Wildman–Crippen MR) is 61.7 cm³/mol. The number of hydrogen-bond acceptors (Lipinski definition) is 3. The summed E-state index contributed by atoms with van der Waals surface area (Å²) < 4.78 is 5.00. The van der Waals surface area contributed by atoms with Gasteiger partial charge in [0.05, 0.1) is 7.11 Å². The third-order valence-corrected chi connectivity index (χ3v) is 1.66. The van der Waals surface area contributed by atoms with Crippen molar-refractivity contribution in [2.24, 2.45) is 5.73 Å². The van der Waals surface area contributed by atoms with Crippen molar-refractivity contribution in [2.45, 2.75) is 6.92 Å². The molecule has 2 N–H and O–H groups in total. The number of amides is 1. The molecule has 0 unspecified atom stereocenters. The van der Waals surface area contributed by atoms with Crippen LogP contribution in [0.25, 0.3) is 0 Å². The molecule has 1 amide bonds. The van der Waals surface area contributed by atoms with E-state index in [0.29, 0.717) is 0 Å². The molecule has 16 heavy (non-hydrogen) atoms. The van der Waals surface area contributed by atoms with Gasteiger partial charge in [0.1, 0.15) is 17.4 Å².